The highest BCUT2D eigenvalue weighted by molar-refractivity contribution is 5.95. The third-order valence-electron chi connectivity index (χ3n) is 4.73. The van der Waals surface area contributed by atoms with Crippen LogP contribution in [0.15, 0.2) is 60.8 Å². The monoisotopic (exact) mass is 416 g/mol. The highest BCUT2D eigenvalue weighted by atomic mass is 19.4. The van der Waals surface area contributed by atoms with Crippen molar-refractivity contribution in [3.05, 3.63) is 83.2 Å². The summed E-state index contributed by atoms with van der Waals surface area (Å²) in [5, 5.41) is 7.16. The summed E-state index contributed by atoms with van der Waals surface area (Å²) in [6.07, 6.45) is -3.07. The maximum absolute atomic E-state index is 13.0. The quantitative estimate of drug-likeness (QED) is 0.654. The van der Waals surface area contributed by atoms with Gasteiger partial charge in [0, 0.05) is 6.54 Å². The maximum atomic E-state index is 13.0. The first-order chi connectivity index (χ1) is 14.2. The van der Waals surface area contributed by atoms with Gasteiger partial charge in [-0.15, -0.1) is 0 Å². The van der Waals surface area contributed by atoms with Crippen LogP contribution in [0, 0.1) is 6.92 Å². The zero-order chi connectivity index (χ0) is 21.9. The number of nitrogens with one attached hydrogen (secondary N) is 1. The fraction of sp³-hybridized carbons (Fsp3) is 0.273. The zero-order valence-corrected chi connectivity index (χ0v) is 16.9. The van der Waals surface area contributed by atoms with Gasteiger partial charge in [-0.25, -0.2) is 4.68 Å². The molecule has 0 spiro atoms. The molecule has 5 nitrogen and oxygen atoms in total. The fourth-order valence-electron chi connectivity index (χ4n) is 3.23. The van der Waals surface area contributed by atoms with E-state index in [4.69, 9.17) is 0 Å². The van der Waals surface area contributed by atoms with E-state index in [0.29, 0.717) is 17.8 Å². The lowest BCUT2D eigenvalue weighted by molar-refractivity contribution is -0.137. The number of aromatic nitrogens is 2. The SMILES string of the molecule is Cc1c(C(=O)NC(CN(C)C)c2ccccc2)cnn1-c1cccc(C(F)(F)F)c1. The van der Waals surface area contributed by atoms with Crippen molar-refractivity contribution < 1.29 is 18.0 Å². The van der Waals surface area contributed by atoms with Crippen molar-refractivity contribution in [2.75, 3.05) is 20.6 Å². The molecule has 0 bridgehead atoms. The smallest absolute Gasteiger partial charge is 0.344 e. The summed E-state index contributed by atoms with van der Waals surface area (Å²) in [5.74, 6) is -0.332. The van der Waals surface area contributed by atoms with Gasteiger partial charge < -0.3 is 10.2 Å². The summed E-state index contributed by atoms with van der Waals surface area (Å²) in [5.41, 5.74) is 1.21. The Kier molecular flexibility index (Phi) is 6.26. The van der Waals surface area contributed by atoms with Crippen LogP contribution < -0.4 is 5.32 Å². The number of hydrogen-bond donors (Lipinski definition) is 1. The van der Waals surface area contributed by atoms with Gasteiger partial charge in [0.05, 0.1) is 34.7 Å². The van der Waals surface area contributed by atoms with Gasteiger partial charge in [-0.2, -0.15) is 18.3 Å². The molecule has 1 aromatic heterocycles. The molecule has 1 amide bonds. The van der Waals surface area contributed by atoms with Gasteiger partial charge in [0.1, 0.15) is 0 Å². The van der Waals surface area contributed by atoms with E-state index < -0.39 is 11.7 Å². The number of halogens is 3. The summed E-state index contributed by atoms with van der Waals surface area (Å²) < 4.78 is 40.4. The molecular weight excluding hydrogens is 393 g/mol. The number of carbonyl (C=O) groups excluding carboxylic acids is 1. The molecule has 0 aliphatic heterocycles. The van der Waals surface area contributed by atoms with Crippen LogP contribution in [-0.4, -0.2) is 41.2 Å². The first-order valence-electron chi connectivity index (χ1n) is 9.39. The first kappa shape index (κ1) is 21.6. The zero-order valence-electron chi connectivity index (χ0n) is 16.9. The van der Waals surface area contributed by atoms with Crippen LogP contribution in [0.2, 0.25) is 0 Å². The molecule has 1 atom stereocenters. The van der Waals surface area contributed by atoms with Crippen LogP contribution in [0.5, 0.6) is 0 Å². The van der Waals surface area contributed by atoms with E-state index in [-0.39, 0.29) is 17.6 Å². The fourth-order valence-corrected chi connectivity index (χ4v) is 3.23. The predicted molar refractivity (Wildman–Crippen MR) is 109 cm³/mol. The van der Waals surface area contributed by atoms with E-state index >= 15 is 0 Å². The molecule has 0 aliphatic carbocycles. The molecule has 8 heteroatoms. The van der Waals surface area contributed by atoms with Crippen LogP contribution in [0.25, 0.3) is 5.69 Å². The van der Waals surface area contributed by atoms with Crippen LogP contribution in [0.4, 0.5) is 13.2 Å². The molecule has 1 heterocycles. The number of carbonyl (C=O) groups is 1. The lowest BCUT2D eigenvalue weighted by Crippen LogP contribution is -2.35. The minimum Gasteiger partial charge on any atom is -0.344 e. The average molecular weight is 416 g/mol. The average Bonchev–Trinajstić information content (AvgIpc) is 3.09. The Bertz CT molecular complexity index is 1010. The molecule has 1 unspecified atom stereocenters. The van der Waals surface area contributed by atoms with E-state index in [1.54, 1.807) is 6.92 Å². The molecule has 0 radical (unpaired) electrons. The molecule has 2 aromatic carbocycles. The van der Waals surface area contributed by atoms with Crippen molar-refractivity contribution in [3.63, 3.8) is 0 Å². The molecule has 3 rings (SSSR count). The van der Waals surface area contributed by atoms with E-state index in [0.717, 1.165) is 17.7 Å². The summed E-state index contributed by atoms with van der Waals surface area (Å²) in [6.45, 7) is 2.25. The first-order valence-corrected chi connectivity index (χ1v) is 9.39. The van der Waals surface area contributed by atoms with Crippen LogP contribution >= 0.6 is 0 Å². The topological polar surface area (TPSA) is 50.2 Å². The second kappa shape index (κ2) is 8.71. The Hall–Kier alpha value is -3.13. The Labute approximate surface area is 173 Å². The summed E-state index contributed by atoms with van der Waals surface area (Å²) in [4.78, 5) is 14.9. The number of alkyl halides is 3. The lowest BCUT2D eigenvalue weighted by Gasteiger charge is -2.22. The molecule has 0 aliphatic rings. The van der Waals surface area contributed by atoms with Crippen molar-refractivity contribution in [2.24, 2.45) is 0 Å². The van der Waals surface area contributed by atoms with Crippen LogP contribution in [-0.2, 0) is 6.18 Å². The highest BCUT2D eigenvalue weighted by Crippen LogP contribution is 2.30. The standard InChI is InChI=1S/C22H23F3N4O/c1-15-19(13-26-29(15)18-11-7-10-17(12-18)22(23,24)25)21(30)27-20(14-28(2)3)16-8-5-4-6-9-16/h4-13,20H,14H2,1-3H3,(H,27,30). The Morgan fingerprint density at radius 2 is 1.83 bits per heavy atom. The van der Waals surface area contributed by atoms with Gasteiger partial charge in [0.25, 0.3) is 5.91 Å². The normalized spacial score (nSPS) is 12.8. The number of benzene rings is 2. The number of hydrogen-bond acceptors (Lipinski definition) is 3. The van der Waals surface area contributed by atoms with Gasteiger partial charge in [-0.1, -0.05) is 36.4 Å². The third-order valence-corrected chi connectivity index (χ3v) is 4.73. The van der Waals surface area contributed by atoms with Crippen molar-refractivity contribution >= 4 is 5.91 Å². The van der Waals surface area contributed by atoms with Gasteiger partial charge in [0.15, 0.2) is 0 Å². The van der Waals surface area contributed by atoms with Crippen molar-refractivity contribution in [1.29, 1.82) is 0 Å². The van der Waals surface area contributed by atoms with Crippen LogP contribution in [0.1, 0.15) is 33.2 Å². The Balaban J connectivity index is 1.87. The van der Waals surface area contributed by atoms with Crippen LogP contribution in [0.3, 0.4) is 0 Å². The Morgan fingerprint density at radius 3 is 2.47 bits per heavy atom. The van der Waals surface area contributed by atoms with Gasteiger partial charge in [-0.05, 0) is 44.8 Å². The molecule has 158 valence electrons. The minimum atomic E-state index is -4.45. The lowest BCUT2D eigenvalue weighted by atomic mass is 10.1. The largest absolute Gasteiger partial charge is 0.416 e. The van der Waals surface area contributed by atoms with Gasteiger partial charge in [-0.3, -0.25) is 4.79 Å². The molecule has 0 saturated carbocycles. The number of amides is 1. The summed E-state index contributed by atoms with van der Waals surface area (Å²) in [6, 6.07) is 14.2. The number of likely N-dealkylation sites (N-methyl/N-ethyl adjacent to an activating group) is 1. The molecule has 1 N–H and O–H groups in total. The van der Waals surface area contributed by atoms with Crippen molar-refractivity contribution in [1.82, 2.24) is 20.0 Å². The molecular formula is C22H23F3N4O. The second-order valence-corrected chi connectivity index (χ2v) is 7.30. The molecule has 0 fully saturated rings. The van der Waals surface area contributed by atoms with E-state index in [1.165, 1.54) is 23.0 Å². The molecule has 0 saturated heterocycles. The van der Waals surface area contributed by atoms with E-state index in [1.807, 2.05) is 49.3 Å². The minimum absolute atomic E-state index is 0.245. The van der Waals surface area contributed by atoms with Gasteiger partial charge >= 0.3 is 6.18 Å². The Morgan fingerprint density at radius 1 is 1.13 bits per heavy atom. The summed E-state index contributed by atoms with van der Waals surface area (Å²) >= 11 is 0. The summed E-state index contributed by atoms with van der Waals surface area (Å²) in [7, 11) is 3.83. The van der Waals surface area contributed by atoms with Crippen molar-refractivity contribution in [2.45, 2.75) is 19.1 Å². The maximum Gasteiger partial charge on any atom is 0.416 e. The highest BCUT2D eigenvalue weighted by Gasteiger charge is 2.31. The predicted octanol–water partition coefficient (Wildman–Crippen LogP) is 4.23. The van der Waals surface area contributed by atoms with E-state index in [9.17, 15) is 18.0 Å². The second-order valence-electron chi connectivity index (χ2n) is 7.30. The molecule has 3 aromatic rings. The van der Waals surface area contributed by atoms with Crippen molar-refractivity contribution in [3.8, 4) is 5.69 Å². The molecule has 30 heavy (non-hydrogen) atoms. The van der Waals surface area contributed by atoms with Gasteiger partial charge in [0.2, 0.25) is 0 Å². The number of rotatable bonds is 6. The third kappa shape index (κ3) is 4.88. The number of nitrogens with zero attached hydrogens (tertiary/aromatic N) is 3. The van der Waals surface area contributed by atoms with E-state index in [2.05, 4.69) is 10.4 Å².